The number of rotatable bonds is 8. The molecule has 0 unspecified atom stereocenters. The summed E-state index contributed by atoms with van der Waals surface area (Å²) in [6.45, 7) is 0.274. The van der Waals surface area contributed by atoms with Crippen LogP contribution in [0.3, 0.4) is 0 Å². The first-order valence-corrected chi connectivity index (χ1v) is 9.88. The molecule has 0 heterocycles. The van der Waals surface area contributed by atoms with Crippen LogP contribution in [0.15, 0.2) is 78.9 Å². The Kier molecular flexibility index (Phi) is 7.48. The summed E-state index contributed by atoms with van der Waals surface area (Å²) in [5.41, 5.74) is 3.35. The van der Waals surface area contributed by atoms with E-state index in [9.17, 15) is 9.59 Å². The molecule has 0 fully saturated rings. The summed E-state index contributed by atoms with van der Waals surface area (Å²) >= 11 is 0. The van der Waals surface area contributed by atoms with Crippen molar-refractivity contribution in [3.05, 3.63) is 84.4 Å². The molecule has 3 rings (SSSR count). The van der Waals surface area contributed by atoms with Crippen LogP contribution >= 0.6 is 0 Å². The fourth-order valence-corrected chi connectivity index (χ4v) is 2.83. The lowest BCUT2D eigenvalue weighted by atomic mass is 10.2. The minimum Gasteiger partial charge on any atom is -0.484 e. The van der Waals surface area contributed by atoms with Crippen LogP contribution in [0.2, 0.25) is 0 Å². The third-order valence-corrected chi connectivity index (χ3v) is 4.40. The van der Waals surface area contributed by atoms with E-state index in [0.29, 0.717) is 23.7 Å². The van der Waals surface area contributed by atoms with Gasteiger partial charge in [0.15, 0.2) is 6.61 Å². The van der Waals surface area contributed by atoms with Crippen molar-refractivity contribution in [3.63, 3.8) is 0 Å². The van der Waals surface area contributed by atoms with Gasteiger partial charge < -0.3 is 25.6 Å². The van der Waals surface area contributed by atoms with Crippen LogP contribution < -0.4 is 25.6 Å². The van der Waals surface area contributed by atoms with Crippen LogP contribution in [-0.4, -0.2) is 32.6 Å². The van der Waals surface area contributed by atoms with Gasteiger partial charge in [0.2, 0.25) is 0 Å². The molecule has 0 aliphatic carbocycles. The largest absolute Gasteiger partial charge is 0.484 e. The zero-order chi connectivity index (χ0) is 22.1. The number of benzene rings is 3. The molecule has 0 saturated carbocycles. The maximum Gasteiger partial charge on any atom is 0.319 e. The molecule has 0 bridgehead atoms. The third-order valence-electron chi connectivity index (χ3n) is 4.40. The number of carbonyl (C=O) groups is 2. The normalized spacial score (nSPS) is 10.1. The van der Waals surface area contributed by atoms with Crippen molar-refractivity contribution in [3.8, 4) is 5.75 Å². The van der Waals surface area contributed by atoms with E-state index in [1.165, 1.54) is 0 Å². The molecule has 3 amide bonds. The molecule has 3 aromatic carbocycles. The summed E-state index contributed by atoms with van der Waals surface area (Å²) in [5, 5.41) is 8.37. The SMILES string of the molecule is CN(C)c1cccc(CNC(=O)Nc2cccc(OCC(=O)Nc3ccccc3)c2)c1. The number of hydrogen-bond acceptors (Lipinski definition) is 4. The third kappa shape index (κ3) is 7.08. The Morgan fingerprint density at radius 2 is 1.58 bits per heavy atom. The first-order valence-electron chi connectivity index (χ1n) is 9.88. The first-order chi connectivity index (χ1) is 15.0. The Balaban J connectivity index is 1.47. The van der Waals surface area contributed by atoms with Crippen molar-refractivity contribution >= 4 is 29.0 Å². The molecule has 31 heavy (non-hydrogen) atoms. The summed E-state index contributed by atoms with van der Waals surface area (Å²) < 4.78 is 5.54. The van der Waals surface area contributed by atoms with Crippen LogP contribution in [0, 0.1) is 0 Å². The summed E-state index contributed by atoms with van der Waals surface area (Å²) in [6, 6.07) is 23.7. The number of amides is 3. The Morgan fingerprint density at radius 1 is 0.839 bits per heavy atom. The van der Waals surface area contributed by atoms with E-state index >= 15 is 0 Å². The summed E-state index contributed by atoms with van der Waals surface area (Å²) in [5.74, 6) is 0.224. The lowest BCUT2D eigenvalue weighted by Crippen LogP contribution is -2.28. The monoisotopic (exact) mass is 418 g/mol. The molecule has 7 nitrogen and oxygen atoms in total. The second-order valence-electron chi connectivity index (χ2n) is 7.10. The molecule has 0 saturated heterocycles. The van der Waals surface area contributed by atoms with Crippen molar-refractivity contribution in [1.82, 2.24) is 5.32 Å². The number of carbonyl (C=O) groups excluding carboxylic acids is 2. The smallest absolute Gasteiger partial charge is 0.319 e. The van der Waals surface area contributed by atoms with E-state index in [4.69, 9.17) is 4.74 Å². The van der Waals surface area contributed by atoms with Crippen molar-refractivity contribution in [2.45, 2.75) is 6.54 Å². The van der Waals surface area contributed by atoms with E-state index in [1.807, 2.05) is 61.5 Å². The molecule has 0 spiro atoms. The quantitative estimate of drug-likeness (QED) is 0.515. The van der Waals surface area contributed by atoms with Crippen LogP contribution in [-0.2, 0) is 11.3 Å². The summed E-state index contributed by atoms with van der Waals surface area (Å²) in [7, 11) is 3.94. The minimum absolute atomic E-state index is 0.132. The fraction of sp³-hybridized carbons (Fsp3) is 0.167. The standard InChI is InChI=1S/C24H26N4O3/c1-28(2)21-12-6-8-18(14-21)16-25-24(30)27-20-11-7-13-22(15-20)31-17-23(29)26-19-9-4-3-5-10-19/h3-15H,16-17H2,1-2H3,(H,26,29)(H2,25,27,30). The fourth-order valence-electron chi connectivity index (χ4n) is 2.83. The zero-order valence-corrected chi connectivity index (χ0v) is 17.6. The van der Waals surface area contributed by atoms with Gasteiger partial charge in [-0.1, -0.05) is 36.4 Å². The van der Waals surface area contributed by atoms with Crippen LogP contribution in [0.1, 0.15) is 5.56 Å². The number of hydrogen-bond donors (Lipinski definition) is 3. The van der Waals surface area contributed by atoms with E-state index in [1.54, 1.807) is 36.4 Å². The van der Waals surface area contributed by atoms with E-state index < -0.39 is 0 Å². The van der Waals surface area contributed by atoms with Gasteiger partial charge in [0.1, 0.15) is 5.75 Å². The molecule has 0 aliphatic heterocycles. The predicted molar refractivity (Wildman–Crippen MR) is 124 cm³/mol. The average molecular weight is 418 g/mol. The Hall–Kier alpha value is -4.00. The molecular formula is C24H26N4O3. The number of para-hydroxylation sites is 1. The van der Waals surface area contributed by atoms with Gasteiger partial charge >= 0.3 is 6.03 Å². The van der Waals surface area contributed by atoms with Gasteiger partial charge in [0, 0.05) is 43.8 Å². The number of anilines is 3. The van der Waals surface area contributed by atoms with Gasteiger partial charge in [-0.3, -0.25) is 4.79 Å². The lowest BCUT2D eigenvalue weighted by Gasteiger charge is -2.14. The van der Waals surface area contributed by atoms with E-state index in [2.05, 4.69) is 16.0 Å². The highest BCUT2D eigenvalue weighted by Crippen LogP contribution is 2.18. The van der Waals surface area contributed by atoms with Crippen molar-refractivity contribution in [2.75, 3.05) is 36.2 Å². The molecule has 0 radical (unpaired) electrons. The van der Waals surface area contributed by atoms with Crippen molar-refractivity contribution in [2.24, 2.45) is 0 Å². The molecule has 0 aliphatic rings. The van der Waals surface area contributed by atoms with Crippen molar-refractivity contribution < 1.29 is 14.3 Å². The zero-order valence-electron chi connectivity index (χ0n) is 17.6. The molecule has 160 valence electrons. The highest BCUT2D eigenvalue weighted by Gasteiger charge is 2.06. The van der Waals surface area contributed by atoms with E-state index in [0.717, 1.165) is 11.3 Å². The van der Waals surface area contributed by atoms with Gasteiger partial charge in [-0.15, -0.1) is 0 Å². The second kappa shape index (κ2) is 10.7. The highest BCUT2D eigenvalue weighted by molar-refractivity contribution is 5.92. The van der Waals surface area contributed by atoms with Crippen LogP contribution in [0.5, 0.6) is 5.75 Å². The van der Waals surface area contributed by atoms with Gasteiger partial charge in [-0.2, -0.15) is 0 Å². The summed E-state index contributed by atoms with van der Waals surface area (Å²) in [6.07, 6.45) is 0. The molecule has 0 aromatic heterocycles. The predicted octanol–water partition coefficient (Wildman–Crippen LogP) is 4.09. The summed E-state index contributed by atoms with van der Waals surface area (Å²) in [4.78, 5) is 26.3. The Morgan fingerprint density at radius 3 is 2.35 bits per heavy atom. The number of nitrogens with one attached hydrogen (secondary N) is 3. The van der Waals surface area contributed by atoms with Gasteiger partial charge in [-0.05, 0) is 42.0 Å². The Bertz CT molecular complexity index is 1020. The average Bonchev–Trinajstić information content (AvgIpc) is 2.77. The maximum absolute atomic E-state index is 12.2. The molecular weight excluding hydrogens is 392 g/mol. The molecule has 3 N–H and O–H groups in total. The highest BCUT2D eigenvalue weighted by atomic mass is 16.5. The van der Waals surface area contributed by atoms with Gasteiger partial charge in [0.05, 0.1) is 0 Å². The lowest BCUT2D eigenvalue weighted by molar-refractivity contribution is -0.118. The van der Waals surface area contributed by atoms with Crippen molar-refractivity contribution in [1.29, 1.82) is 0 Å². The topological polar surface area (TPSA) is 82.7 Å². The number of nitrogens with zero attached hydrogens (tertiary/aromatic N) is 1. The Labute approximate surface area is 182 Å². The second-order valence-corrected chi connectivity index (χ2v) is 7.10. The minimum atomic E-state index is -0.325. The maximum atomic E-state index is 12.2. The van der Waals surface area contributed by atoms with Gasteiger partial charge in [-0.25, -0.2) is 4.79 Å². The number of ether oxygens (including phenoxy) is 1. The van der Waals surface area contributed by atoms with Gasteiger partial charge in [0.25, 0.3) is 5.91 Å². The number of urea groups is 1. The van der Waals surface area contributed by atoms with Crippen LogP contribution in [0.25, 0.3) is 0 Å². The molecule has 0 atom stereocenters. The molecule has 3 aromatic rings. The molecule has 7 heteroatoms. The van der Waals surface area contributed by atoms with E-state index in [-0.39, 0.29) is 18.5 Å². The van der Waals surface area contributed by atoms with Crippen LogP contribution in [0.4, 0.5) is 21.9 Å². The first kappa shape index (κ1) is 21.7.